The molecule has 0 aliphatic rings. The second kappa shape index (κ2) is 7.67. The molecule has 1 atom stereocenters. The molecule has 1 heterocycles. The molecular weight excluding hydrogens is 412 g/mol. The summed E-state index contributed by atoms with van der Waals surface area (Å²) in [5.41, 5.74) is 8.19. The summed E-state index contributed by atoms with van der Waals surface area (Å²) >= 11 is 0. The summed E-state index contributed by atoms with van der Waals surface area (Å²) in [4.78, 5) is 17.9. The van der Waals surface area contributed by atoms with Crippen LogP contribution < -0.4 is 5.73 Å². The van der Waals surface area contributed by atoms with Crippen molar-refractivity contribution in [2.45, 2.75) is 23.7 Å². The van der Waals surface area contributed by atoms with Gasteiger partial charge in [-0.05, 0) is 47.9 Å². The highest BCUT2D eigenvalue weighted by molar-refractivity contribution is 7.90. The van der Waals surface area contributed by atoms with Gasteiger partial charge in [0.25, 0.3) is 0 Å². The highest BCUT2D eigenvalue weighted by Gasteiger charge is 2.45. The van der Waals surface area contributed by atoms with Crippen LogP contribution in [0.3, 0.4) is 0 Å². The lowest BCUT2D eigenvalue weighted by Crippen LogP contribution is -2.44. The molecule has 0 radical (unpaired) electrons. The van der Waals surface area contributed by atoms with Gasteiger partial charge in [0, 0.05) is 12.7 Å². The summed E-state index contributed by atoms with van der Waals surface area (Å²) in [7, 11) is -3.39. The first-order valence-corrected chi connectivity index (χ1v) is 11.6. The molecule has 0 saturated heterocycles. The van der Waals surface area contributed by atoms with Crippen LogP contribution in [0.15, 0.2) is 82.1 Å². The van der Waals surface area contributed by atoms with Crippen LogP contribution in [0.25, 0.3) is 11.1 Å². The fourth-order valence-corrected chi connectivity index (χ4v) is 4.40. The van der Waals surface area contributed by atoms with Crippen molar-refractivity contribution in [1.29, 1.82) is 0 Å². The monoisotopic (exact) mass is 434 g/mol. The summed E-state index contributed by atoms with van der Waals surface area (Å²) in [6.07, 6.45) is 1.36. The average Bonchev–Trinajstić information content (AvgIpc) is 3.17. The minimum absolute atomic E-state index is 0.156. The number of nitrogens with zero attached hydrogens (tertiary/aromatic N) is 1. The highest BCUT2D eigenvalue weighted by atomic mass is 32.2. The van der Waals surface area contributed by atoms with Crippen molar-refractivity contribution in [1.82, 2.24) is 4.98 Å². The van der Waals surface area contributed by atoms with Crippen LogP contribution in [-0.2, 0) is 26.5 Å². The zero-order valence-electron chi connectivity index (χ0n) is 17.2. The first-order valence-electron chi connectivity index (χ1n) is 9.73. The summed E-state index contributed by atoms with van der Waals surface area (Å²) in [6, 6.07) is 21.1. The van der Waals surface area contributed by atoms with Crippen molar-refractivity contribution >= 4 is 26.8 Å². The normalized spacial score (nSPS) is 13.7. The molecule has 0 bridgehead atoms. The van der Waals surface area contributed by atoms with Crippen LogP contribution in [0.5, 0.6) is 0 Å². The lowest BCUT2D eigenvalue weighted by atomic mass is 9.74. The summed E-state index contributed by atoms with van der Waals surface area (Å²) in [6.45, 7) is 1.96. The number of carbonyl (C=O) groups excluding carboxylic acids is 1. The Morgan fingerprint density at radius 1 is 1.00 bits per heavy atom. The van der Waals surface area contributed by atoms with Gasteiger partial charge in [-0.25, -0.2) is 13.4 Å². The van der Waals surface area contributed by atoms with Gasteiger partial charge in [0.1, 0.15) is 5.52 Å². The maximum Gasteiger partial charge on any atom is 0.237 e. The lowest BCUT2D eigenvalue weighted by Gasteiger charge is -2.29. The van der Waals surface area contributed by atoms with E-state index in [4.69, 9.17) is 10.2 Å². The second-order valence-electron chi connectivity index (χ2n) is 7.66. The number of sulfone groups is 1. The Balaban J connectivity index is 1.98. The Morgan fingerprint density at radius 2 is 1.65 bits per heavy atom. The number of aromatic nitrogens is 1. The molecule has 7 heteroatoms. The molecule has 4 aromatic rings. The van der Waals surface area contributed by atoms with Crippen molar-refractivity contribution < 1.29 is 17.6 Å². The van der Waals surface area contributed by atoms with Gasteiger partial charge >= 0.3 is 0 Å². The fourth-order valence-electron chi connectivity index (χ4n) is 3.77. The Hall–Kier alpha value is -3.45. The average molecular weight is 435 g/mol. The molecule has 0 saturated carbocycles. The van der Waals surface area contributed by atoms with Gasteiger partial charge < -0.3 is 10.2 Å². The number of oxazole rings is 1. The van der Waals surface area contributed by atoms with E-state index in [0.29, 0.717) is 16.7 Å². The second-order valence-corrected chi connectivity index (χ2v) is 9.67. The number of nitrogens with two attached hydrogens (primary N) is 1. The minimum Gasteiger partial charge on any atom is -0.439 e. The van der Waals surface area contributed by atoms with Crippen LogP contribution in [-0.4, -0.2) is 25.6 Å². The molecule has 2 N–H and O–H groups in total. The number of hydrogen-bond acceptors (Lipinski definition) is 5. The lowest BCUT2D eigenvalue weighted by molar-refractivity contribution is -0.122. The summed E-state index contributed by atoms with van der Waals surface area (Å²) < 4.78 is 29.9. The molecule has 1 amide bonds. The van der Waals surface area contributed by atoms with E-state index in [1.54, 1.807) is 24.3 Å². The third-order valence-corrected chi connectivity index (χ3v) is 6.70. The largest absolute Gasteiger partial charge is 0.439 e. The van der Waals surface area contributed by atoms with Gasteiger partial charge in [0.2, 0.25) is 11.8 Å². The van der Waals surface area contributed by atoms with E-state index in [1.165, 1.54) is 12.1 Å². The maximum atomic E-state index is 13.1. The van der Waals surface area contributed by atoms with Gasteiger partial charge in [-0.3, -0.25) is 4.79 Å². The molecule has 1 aromatic heterocycles. The topological polar surface area (TPSA) is 103 Å². The summed E-state index contributed by atoms with van der Waals surface area (Å²) in [5, 5.41) is 0. The molecule has 0 aliphatic heterocycles. The number of amides is 1. The zero-order valence-corrected chi connectivity index (χ0v) is 18.0. The first kappa shape index (κ1) is 20.8. The van der Waals surface area contributed by atoms with Gasteiger partial charge in [0.15, 0.2) is 20.8 Å². The van der Waals surface area contributed by atoms with E-state index in [-0.39, 0.29) is 17.2 Å². The zero-order chi connectivity index (χ0) is 22.2. The van der Waals surface area contributed by atoms with Crippen molar-refractivity contribution in [3.8, 4) is 0 Å². The van der Waals surface area contributed by atoms with Crippen molar-refractivity contribution in [3.63, 3.8) is 0 Å². The molecule has 4 rings (SSSR count). The number of para-hydroxylation sites is 2. The molecule has 3 aromatic carbocycles. The predicted octanol–water partition coefficient (Wildman–Crippen LogP) is 3.55. The third kappa shape index (κ3) is 3.72. The number of rotatable bonds is 6. The van der Waals surface area contributed by atoms with Crippen LogP contribution >= 0.6 is 0 Å². The van der Waals surface area contributed by atoms with Crippen LogP contribution in [0.4, 0.5) is 0 Å². The predicted molar refractivity (Wildman–Crippen MR) is 118 cm³/mol. The quantitative estimate of drug-likeness (QED) is 0.500. The highest BCUT2D eigenvalue weighted by Crippen LogP contribution is 2.38. The Morgan fingerprint density at radius 3 is 2.26 bits per heavy atom. The number of fused-ring (bicyclic) bond motifs is 1. The fraction of sp³-hybridized carbons (Fsp3) is 0.167. The first-order chi connectivity index (χ1) is 14.7. The number of aryl methyl sites for hydroxylation is 1. The van der Waals surface area contributed by atoms with Gasteiger partial charge in [-0.2, -0.15) is 0 Å². The van der Waals surface area contributed by atoms with E-state index < -0.39 is 21.2 Å². The molecule has 1 unspecified atom stereocenters. The summed E-state index contributed by atoms with van der Waals surface area (Å²) in [5.74, 6) is -0.453. The Bertz CT molecular complexity index is 1340. The minimum atomic E-state index is -3.39. The standard InChI is InChI=1S/C24H22N2O4S/c1-16-7-3-4-8-17(16)15-24(22(25)27,18-11-13-19(14-12-18)31(2,28)29)23-26-20-9-5-6-10-21(20)30-23/h3-14H,15H2,1-2H3,(H2,25,27). The van der Waals surface area contributed by atoms with E-state index in [9.17, 15) is 13.2 Å². The maximum absolute atomic E-state index is 13.1. The van der Waals surface area contributed by atoms with Gasteiger partial charge in [-0.15, -0.1) is 0 Å². The molecular formula is C24H22N2O4S. The molecule has 31 heavy (non-hydrogen) atoms. The van der Waals surface area contributed by atoms with Crippen LogP contribution in [0.1, 0.15) is 22.6 Å². The SMILES string of the molecule is Cc1ccccc1CC(C(N)=O)(c1ccc(S(C)(=O)=O)cc1)c1nc2ccccc2o1. The van der Waals surface area contributed by atoms with E-state index >= 15 is 0 Å². The Labute approximate surface area is 180 Å². The van der Waals surface area contributed by atoms with Crippen molar-refractivity contribution in [2.24, 2.45) is 5.73 Å². The van der Waals surface area contributed by atoms with Crippen molar-refractivity contribution in [3.05, 3.63) is 95.4 Å². The van der Waals surface area contributed by atoms with E-state index in [1.807, 2.05) is 43.3 Å². The number of hydrogen-bond donors (Lipinski definition) is 1. The van der Waals surface area contributed by atoms with Crippen LogP contribution in [0, 0.1) is 6.92 Å². The Kier molecular flexibility index (Phi) is 5.15. The van der Waals surface area contributed by atoms with Crippen LogP contribution in [0.2, 0.25) is 0 Å². The number of carbonyl (C=O) groups is 1. The van der Waals surface area contributed by atoms with E-state index in [0.717, 1.165) is 17.4 Å². The van der Waals surface area contributed by atoms with E-state index in [2.05, 4.69) is 4.98 Å². The molecule has 6 nitrogen and oxygen atoms in total. The number of primary amides is 1. The molecule has 0 spiro atoms. The van der Waals surface area contributed by atoms with Crippen molar-refractivity contribution in [2.75, 3.05) is 6.26 Å². The molecule has 0 fully saturated rings. The molecule has 0 aliphatic carbocycles. The van der Waals surface area contributed by atoms with Gasteiger partial charge in [0.05, 0.1) is 4.90 Å². The van der Waals surface area contributed by atoms with Gasteiger partial charge in [-0.1, -0.05) is 48.5 Å². The molecule has 158 valence electrons. The third-order valence-electron chi connectivity index (χ3n) is 5.57. The number of benzene rings is 3. The smallest absolute Gasteiger partial charge is 0.237 e.